The van der Waals surface area contributed by atoms with Gasteiger partial charge >= 0.3 is 0 Å². The van der Waals surface area contributed by atoms with Crippen molar-refractivity contribution in [2.24, 2.45) is 0 Å². The van der Waals surface area contributed by atoms with Gasteiger partial charge in [-0.2, -0.15) is 0 Å². The van der Waals surface area contributed by atoms with E-state index in [4.69, 9.17) is 23.2 Å². The molecule has 4 aromatic rings. The van der Waals surface area contributed by atoms with Crippen LogP contribution in [0.4, 0.5) is 0 Å². The Morgan fingerprint density at radius 3 is 2.76 bits per heavy atom. The van der Waals surface area contributed by atoms with E-state index in [1.165, 1.54) is 0 Å². The first kappa shape index (κ1) is 12.6. The quantitative estimate of drug-likeness (QED) is 0.532. The highest BCUT2D eigenvalue weighted by Gasteiger charge is 2.11. The first-order valence-electron chi connectivity index (χ1n) is 6.41. The normalized spacial score (nSPS) is 11.3. The molecule has 0 unspecified atom stereocenters. The van der Waals surface area contributed by atoms with Crippen LogP contribution in [0.2, 0.25) is 10.0 Å². The summed E-state index contributed by atoms with van der Waals surface area (Å²) in [5.74, 6) is 0.725. The molecule has 0 spiro atoms. The molecule has 0 fully saturated rings. The molecule has 21 heavy (non-hydrogen) atoms. The highest BCUT2D eigenvalue weighted by Crippen LogP contribution is 2.31. The summed E-state index contributed by atoms with van der Waals surface area (Å²) in [7, 11) is 0. The third-order valence-corrected chi connectivity index (χ3v) is 3.97. The van der Waals surface area contributed by atoms with Crippen molar-refractivity contribution in [3.05, 3.63) is 58.7 Å². The lowest BCUT2D eigenvalue weighted by Gasteiger charge is -2.00. The number of benzene rings is 2. The lowest BCUT2D eigenvalue weighted by atomic mass is 10.2. The highest BCUT2D eigenvalue weighted by atomic mass is 35.5. The van der Waals surface area contributed by atoms with Crippen LogP contribution < -0.4 is 0 Å². The Morgan fingerprint density at radius 1 is 1.00 bits per heavy atom. The number of hydrogen-bond acceptors (Lipinski definition) is 2. The second kappa shape index (κ2) is 4.72. The number of H-pyrrole nitrogens is 1. The number of nitrogens with zero attached hydrogens (tertiary/aromatic N) is 2. The topological polar surface area (TPSA) is 41.6 Å². The second-order valence-electron chi connectivity index (χ2n) is 4.74. The van der Waals surface area contributed by atoms with Gasteiger partial charge in [-0.05, 0) is 42.5 Å². The summed E-state index contributed by atoms with van der Waals surface area (Å²) in [5, 5.41) is 2.20. The van der Waals surface area contributed by atoms with Crippen LogP contribution in [0.15, 0.2) is 48.7 Å². The Bertz CT molecular complexity index is 976. The van der Waals surface area contributed by atoms with Gasteiger partial charge in [0.2, 0.25) is 0 Å². The number of rotatable bonds is 1. The van der Waals surface area contributed by atoms with Gasteiger partial charge in [-0.3, -0.25) is 4.98 Å². The van der Waals surface area contributed by atoms with E-state index < -0.39 is 0 Å². The van der Waals surface area contributed by atoms with Gasteiger partial charge in [0.15, 0.2) is 0 Å². The Balaban J connectivity index is 2.00. The molecule has 2 heterocycles. The molecule has 3 nitrogen and oxygen atoms in total. The van der Waals surface area contributed by atoms with E-state index in [0.29, 0.717) is 10.0 Å². The SMILES string of the molecule is Clc1ccc(-c2nc3c(ccc4ncccc43)[nH]2)c(Cl)c1. The van der Waals surface area contributed by atoms with Crippen LogP contribution in [0.5, 0.6) is 0 Å². The molecule has 0 aliphatic heterocycles. The summed E-state index contributed by atoms with van der Waals surface area (Å²) >= 11 is 12.2. The van der Waals surface area contributed by atoms with Crippen LogP contribution in [-0.2, 0) is 0 Å². The number of hydrogen-bond donors (Lipinski definition) is 1. The average molecular weight is 314 g/mol. The maximum Gasteiger partial charge on any atom is 0.140 e. The molecular weight excluding hydrogens is 305 g/mol. The van der Waals surface area contributed by atoms with Crippen LogP contribution in [0.1, 0.15) is 0 Å². The zero-order chi connectivity index (χ0) is 14.4. The van der Waals surface area contributed by atoms with Gasteiger partial charge < -0.3 is 4.98 Å². The number of fused-ring (bicyclic) bond motifs is 3. The largest absolute Gasteiger partial charge is 0.338 e. The third kappa shape index (κ3) is 2.06. The Kier molecular flexibility index (Phi) is 2.84. The highest BCUT2D eigenvalue weighted by molar-refractivity contribution is 6.36. The molecule has 5 heteroatoms. The predicted molar refractivity (Wildman–Crippen MR) is 86.9 cm³/mol. The monoisotopic (exact) mass is 313 g/mol. The fourth-order valence-corrected chi connectivity index (χ4v) is 2.93. The van der Waals surface area contributed by atoms with Gasteiger partial charge in [-0.25, -0.2) is 4.98 Å². The number of imidazole rings is 1. The Labute approximate surface area is 130 Å². The fourth-order valence-electron chi connectivity index (χ4n) is 2.43. The fraction of sp³-hybridized carbons (Fsp3) is 0. The van der Waals surface area contributed by atoms with Crippen LogP contribution >= 0.6 is 23.2 Å². The summed E-state index contributed by atoms with van der Waals surface area (Å²) in [6.07, 6.45) is 1.78. The van der Waals surface area contributed by atoms with Crippen molar-refractivity contribution in [2.45, 2.75) is 0 Å². The zero-order valence-electron chi connectivity index (χ0n) is 10.8. The summed E-state index contributed by atoms with van der Waals surface area (Å²) in [6, 6.07) is 13.3. The Hall–Kier alpha value is -2.10. The molecule has 1 N–H and O–H groups in total. The minimum Gasteiger partial charge on any atom is -0.338 e. The van der Waals surface area contributed by atoms with E-state index in [1.54, 1.807) is 18.3 Å². The molecule has 0 amide bonds. The standard InChI is InChI=1S/C16H9Cl2N3/c17-9-3-4-10(12(18)8-9)16-20-14-6-5-13-11(15(14)21-16)2-1-7-19-13/h1-8H,(H,20,21). The van der Waals surface area contributed by atoms with Crippen LogP contribution in [0.3, 0.4) is 0 Å². The summed E-state index contributed by atoms with van der Waals surface area (Å²) in [6.45, 7) is 0. The van der Waals surface area contributed by atoms with Crippen molar-refractivity contribution in [3.8, 4) is 11.4 Å². The first-order chi connectivity index (χ1) is 10.2. The minimum atomic E-state index is 0.573. The third-order valence-electron chi connectivity index (χ3n) is 3.42. The molecular formula is C16H9Cl2N3. The van der Waals surface area contributed by atoms with Gasteiger partial charge in [0.1, 0.15) is 5.82 Å². The lowest BCUT2D eigenvalue weighted by Crippen LogP contribution is -1.82. The van der Waals surface area contributed by atoms with Gasteiger partial charge in [-0.1, -0.05) is 23.2 Å². The molecule has 0 radical (unpaired) electrons. The van der Waals surface area contributed by atoms with Crippen molar-refractivity contribution in [1.29, 1.82) is 0 Å². The van der Waals surface area contributed by atoms with Gasteiger partial charge in [0.05, 0.1) is 21.6 Å². The van der Waals surface area contributed by atoms with E-state index in [9.17, 15) is 0 Å². The second-order valence-corrected chi connectivity index (χ2v) is 5.59. The molecule has 0 saturated heterocycles. The molecule has 0 aliphatic rings. The molecule has 0 bridgehead atoms. The summed E-state index contributed by atoms with van der Waals surface area (Å²) < 4.78 is 0. The molecule has 0 saturated carbocycles. The van der Waals surface area contributed by atoms with Gasteiger partial charge in [0.25, 0.3) is 0 Å². The molecule has 2 aromatic heterocycles. The van der Waals surface area contributed by atoms with E-state index in [1.807, 2.05) is 30.3 Å². The van der Waals surface area contributed by atoms with Crippen LogP contribution in [-0.4, -0.2) is 15.0 Å². The Morgan fingerprint density at radius 2 is 1.90 bits per heavy atom. The average Bonchev–Trinajstić information content (AvgIpc) is 2.91. The maximum atomic E-state index is 6.25. The molecule has 0 atom stereocenters. The van der Waals surface area contributed by atoms with E-state index in [0.717, 1.165) is 33.3 Å². The summed E-state index contributed by atoms with van der Waals surface area (Å²) in [5.41, 5.74) is 3.60. The van der Waals surface area contributed by atoms with Crippen LogP contribution in [0.25, 0.3) is 33.3 Å². The van der Waals surface area contributed by atoms with Crippen molar-refractivity contribution in [1.82, 2.24) is 15.0 Å². The van der Waals surface area contributed by atoms with Crippen molar-refractivity contribution in [2.75, 3.05) is 0 Å². The number of aromatic amines is 1. The number of halogens is 2. The zero-order valence-corrected chi connectivity index (χ0v) is 12.3. The number of aromatic nitrogens is 3. The number of nitrogens with one attached hydrogen (secondary N) is 1. The predicted octanol–water partition coefficient (Wildman–Crippen LogP) is 5.08. The van der Waals surface area contributed by atoms with Crippen molar-refractivity contribution < 1.29 is 0 Å². The van der Waals surface area contributed by atoms with Crippen LogP contribution in [0, 0.1) is 0 Å². The maximum absolute atomic E-state index is 6.25. The molecule has 0 aliphatic carbocycles. The summed E-state index contributed by atoms with van der Waals surface area (Å²) in [4.78, 5) is 12.3. The van der Waals surface area contributed by atoms with Gasteiger partial charge in [-0.15, -0.1) is 0 Å². The van der Waals surface area contributed by atoms with Gasteiger partial charge in [0, 0.05) is 22.2 Å². The van der Waals surface area contributed by atoms with Crippen molar-refractivity contribution >= 4 is 45.1 Å². The van der Waals surface area contributed by atoms with E-state index in [2.05, 4.69) is 15.0 Å². The van der Waals surface area contributed by atoms with E-state index in [-0.39, 0.29) is 0 Å². The minimum absolute atomic E-state index is 0.573. The molecule has 4 rings (SSSR count). The molecule has 2 aromatic carbocycles. The molecule has 102 valence electrons. The number of pyridine rings is 1. The lowest BCUT2D eigenvalue weighted by molar-refractivity contribution is 1.34. The first-order valence-corrected chi connectivity index (χ1v) is 7.17. The van der Waals surface area contributed by atoms with E-state index >= 15 is 0 Å². The smallest absolute Gasteiger partial charge is 0.140 e. The van der Waals surface area contributed by atoms with Crippen molar-refractivity contribution in [3.63, 3.8) is 0 Å².